The third kappa shape index (κ3) is 4.93. The Morgan fingerprint density at radius 1 is 1.11 bits per heavy atom. The summed E-state index contributed by atoms with van der Waals surface area (Å²) in [5, 5.41) is 0. The number of alkyl halides is 3. The zero-order chi connectivity index (χ0) is 19.4. The number of anilines is 1. The van der Waals surface area contributed by atoms with Crippen LogP contribution >= 0.6 is 0 Å². The molecule has 3 rings (SSSR count). The first-order valence-corrected chi connectivity index (χ1v) is 9.37. The molecule has 1 saturated heterocycles. The Labute approximate surface area is 156 Å². The maximum Gasteiger partial charge on any atom is 0.416 e. The van der Waals surface area contributed by atoms with Crippen molar-refractivity contribution in [2.45, 2.75) is 57.2 Å². The quantitative estimate of drug-likeness (QED) is 0.615. The fourth-order valence-corrected chi connectivity index (χ4v) is 3.84. The van der Waals surface area contributed by atoms with E-state index in [0.717, 1.165) is 37.8 Å². The van der Waals surface area contributed by atoms with Gasteiger partial charge in [-0.05, 0) is 31.0 Å². The molecule has 0 aromatic heterocycles. The third-order valence-electron chi connectivity index (χ3n) is 5.31. The molecule has 0 bridgehead atoms. The van der Waals surface area contributed by atoms with Gasteiger partial charge < -0.3 is 4.90 Å². The van der Waals surface area contributed by atoms with Crippen LogP contribution in [0.1, 0.15) is 50.5 Å². The van der Waals surface area contributed by atoms with Gasteiger partial charge in [-0.2, -0.15) is 13.2 Å². The summed E-state index contributed by atoms with van der Waals surface area (Å²) in [6.45, 7) is 0.375. The van der Waals surface area contributed by atoms with E-state index in [9.17, 15) is 22.8 Å². The minimum atomic E-state index is -4.45. The SMILES string of the molecule is O=C(NNc1cccc(C(F)(F)F)c1)[C@@H]1CC(=O)N(C2CCCCCC2)C1. The Balaban J connectivity index is 1.55. The van der Waals surface area contributed by atoms with Gasteiger partial charge in [0.15, 0.2) is 0 Å². The van der Waals surface area contributed by atoms with Gasteiger partial charge >= 0.3 is 6.18 Å². The van der Waals surface area contributed by atoms with Crippen molar-refractivity contribution in [1.82, 2.24) is 10.3 Å². The summed E-state index contributed by atoms with van der Waals surface area (Å²) in [4.78, 5) is 26.5. The van der Waals surface area contributed by atoms with Crippen molar-refractivity contribution < 1.29 is 22.8 Å². The smallest absolute Gasteiger partial charge is 0.339 e. The number of hydrogen-bond donors (Lipinski definition) is 2. The van der Waals surface area contributed by atoms with Crippen LogP contribution in [-0.2, 0) is 15.8 Å². The minimum Gasteiger partial charge on any atom is -0.339 e. The number of amides is 2. The number of likely N-dealkylation sites (tertiary alicyclic amines) is 1. The Bertz CT molecular complexity index is 685. The lowest BCUT2D eigenvalue weighted by Crippen LogP contribution is -2.39. The Morgan fingerprint density at radius 2 is 1.81 bits per heavy atom. The van der Waals surface area contributed by atoms with Crippen molar-refractivity contribution in [3.8, 4) is 0 Å². The molecular formula is C19H24F3N3O2. The van der Waals surface area contributed by atoms with Crippen molar-refractivity contribution in [3.63, 3.8) is 0 Å². The molecule has 0 radical (unpaired) electrons. The molecule has 8 heteroatoms. The molecule has 148 valence electrons. The number of rotatable bonds is 4. The van der Waals surface area contributed by atoms with Crippen LogP contribution in [0.3, 0.4) is 0 Å². The topological polar surface area (TPSA) is 61.4 Å². The molecule has 2 N–H and O–H groups in total. The van der Waals surface area contributed by atoms with Gasteiger partial charge in [0.25, 0.3) is 0 Å². The average Bonchev–Trinajstić information content (AvgIpc) is 2.84. The van der Waals surface area contributed by atoms with Crippen LogP contribution in [0.25, 0.3) is 0 Å². The van der Waals surface area contributed by atoms with Crippen LogP contribution in [0, 0.1) is 5.92 Å². The van der Waals surface area contributed by atoms with Crippen LogP contribution in [0.5, 0.6) is 0 Å². The normalized spacial score (nSPS) is 21.8. The molecule has 0 unspecified atom stereocenters. The van der Waals surface area contributed by atoms with Crippen molar-refractivity contribution >= 4 is 17.5 Å². The van der Waals surface area contributed by atoms with E-state index in [0.29, 0.717) is 6.54 Å². The zero-order valence-electron chi connectivity index (χ0n) is 15.0. The standard InChI is InChI=1S/C19H24F3N3O2/c20-19(21,22)14-6-5-7-15(11-14)23-24-18(27)13-10-17(26)25(12-13)16-8-3-1-2-4-9-16/h5-7,11,13,16,23H,1-4,8-10,12H2,(H,24,27)/t13-/m1/s1. The fraction of sp³-hybridized carbons (Fsp3) is 0.579. The van der Waals surface area contributed by atoms with Gasteiger partial charge in [0.05, 0.1) is 17.2 Å². The van der Waals surface area contributed by atoms with Crippen LogP contribution in [-0.4, -0.2) is 29.3 Å². The molecule has 1 aromatic carbocycles. The number of nitrogens with zero attached hydrogens (tertiary/aromatic N) is 1. The van der Waals surface area contributed by atoms with E-state index >= 15 is 0 Å². The highest BCUT2D eigenvalue weighted by Gasteiger charge is 2.38. The van der Waals surface area contributed by atoms with Gasteiger partial charge in [-0.1, -0.05) is 31.7 Å². The predicted octanol–water partition coefficient (Wildman–Crippen LogP) is 3.72. The van der Waals surface area contributed by atoms with Gasteiger partial charge in [-0.3, -0.25) is 20.4 Å². The number of halogens is 3. The van der Waals surface area contributed by atoms with Gasteiger partial charge in [0.1, 0.15) is 0 Å². The van der Waals surface area contributed by atoms with Crippen molar-refractivity contribution in [2.24, 2.45) is 5.92 Å². The average molecular weight is 383 g/mol. The zero-order valence-corrected chi connectivity index (χ0v) is 15.0. The summed E-state index contributed by atoms with van der Waals surface area (Å²) in [6, 6.07) is 4.80. The minimum absolute atomic E-state index is 0.0129. The van der Waals surface area contributed by atoms with Crippen LogP contribution in [0.2, 0.25) is 0 Å². The predicted molar refractivity (Wildman–Crippen MR) is 94.5 cm³/mol. The molecule has 1 heterocycles. The van der Waals surface area contributed by atoms with E-state index in [-0.39, 0.29) is 30.0 Å². The number of benzene rings is 1. The number of hydrogen-bond acceptors (Lipinski definition) is 3. The van der Waals surface area contributed by atoms with Crippen molar-refractivity contribution in [3.05, 3.63) is 29.8 Å². The van der Waals surface area contributed by atoms with E-state index < -0.39 is 17.7 Å². The lowest BCUT2D eigenvalue weighted by molar-refractivity contribution is -0.137. The van der Waals surface area contributed by atoms with Gasteiger partial charge in [0, 0.05) is 19.0 Å². The molecule has 1 aliphatic carbocycles. The second-order valence-corrected chi connectivity index (χ2v) is 7.29. The second kappa shape index (κ2) is 8.19. The summed E-state index contributed by atoms with van der Waals surface area (Å²) >= 11 is 0. The first-order valence-electron chi connectivity index (χ1n) is 9.37. The van der Waals surface area contributed by atoms with Crippen LogP contribution in [0.15, 0.2) is 24.3 Å². The maximum atomic E-state index is 12.7. The summed E-state index contributed by atoms with van der Waals surface area (Å²) in [6.07, 6.45) is 2.22. The maximum absolute atomic E-state index is 12.7. The molecule has 2 amide bonds. The summed E-state index contributed by atoms with van der Waals surface area (Å²) in [5.74, 6) is -0.878. The number of nitrogens with one attached hydrogen (secondary N) is 2. The van der Waals surface area contributed by atoms with E-state index in [1.165, 1.54) is 25.0 Å². The van der Waals surface area contributed by atoms with Crippen molar-refractivity contribution in [2.75, 3.05) is 12.0 Å². The second-order valence-electron chi connectivity index (χ2n) is 7.29. The highest BCUT2D eigenvalue weighted by atomic mass is 19.4. The van der Waals surface area contributed by atoms with Crippen LogP contribution in [0.4, 0.5) is 18.9 Å². The first kappa shape index (κ1) is 19.5. The monoisotopic (exact) mass is 383 g/mol. The lowest BCUT2D eigenvalue weighted by Gasteiger charge is -2.27. The first-order chi connectivity index (χ1) is 12.8. The molecule has 5 nitrogen and oxygen atoms in total. The highest BCUT2D eigenvalue weighted by Crippen LogP contribution is 2.31. The highest BCUT2D eigenvalue weighted by molar-refractivity contribution is 5.89. The van der Waals surface area contributed by atoms with E-state index in [1.807, 2.05) is 4.90 Å². The third-order valence-corrected chi connectivity index (χ3v) is 5.31. The molecule has 0 spiro atoms. The molecular weight excluding hydrogens is 359 g/mol. The molecule has 1 aromatic rings. The molecule has 1 atom stereocenters. The Hall–Kier alpha value is -2.25. The Morgan fingerprint density at radius 3 is 2.48 bits per heavy atom. The number of carbonyl (C=O) groups excluding carboxylic acids is 2. The summed E-state index contributed by atoms with van der Waals surface area (Å²) in [7, 11) is 0. The Kier molecular flexibility index (Phi) is 5.92. The van der Waals surface area contributed by atoms with E-state index in [1.54, 1.807) is 0 Å². The van der Waals surface area contributed by atoms with Gasteiger partial charge in [0.2, 0.25) is 11.8 Å². The molecule has 2 fully saturated rings. The molecule has 1 aliphatic heterocycles. The van der Waals surface area contributed by atoms with Crippen LogP contribution < -0.4 is 10.9 Å². The van der Waals surface area contributed by atoms with Crippen molar-refractivity contribution in [1.29, 1.82) is 0 Å². The summed E-state index contributed by atoms with van der Waals surface area (Å²) in [5.41, 5.74) is 4.31. The molecule has 1 saturated carbocycles. The lowest BCUT2D eigenvalue weighted by atomic mass is 10.1. The van der Waals surface area contributed by atoms with Gasteiger partial charge in [-0.25, -0.2) is 0 Å². The van der Waals surface area contributed by atoms with Gasteiger partial charge in [-0.15, -0.1) is 0 Å². The molecule has 27 heavy (non-hydrogen) atoms. The van der Waals surface area contributed by atoms with E-state index in [4.69, 9.17) is 0 Å². The number of hydrazine groups is 1. The summed E-state index contributed by atoms with van der Waals surface area (Å²) < 4.78 is 38.2. The van der Waals surface area contributed by atoms with E-state index in [2.05, 4.69) is 10.9 Å². The molecule has 2 aliphatic rings. The number of carbonyl (C=O) groups is 2. The fourth-order valence-electron chi connectivity index (χ4n) is 3.84. The largest absolute Gasteiger partial charge is 0.416 e.